The molecule has 1 unspecified atom stereocenters. The fraction of sp³-hybridized carbons (Fsp3) is 0.625. The first-order valence-corrected chi connectivity index (χ1v) is 9.21. The largest absolute Gasteiger partial charge is 0.283 e. The van der Waals surface area contributed by atoms with E-state index in [0.717, 1.165) is 19.3 Å². The second kappa shape index (κ2) is 9.01. The molecule has 0 bridgehead atoms. The first-order chi connectivity index (χ1) is 9.60. The van der Waals surface area contributed by atoms with Crippen molar-refractivity contribution in [2.45, 2.75) is 64.0 Å². The number of nitrogens with one attached hydrogen (secondary N) is 1. The van der Waals surface area contributed by atoms with Crippen LogP contribution in [0.5, 0.6) is 0 Å². The van der Waals surface area contributed by atoms with Crippen LogP contribution in [0, 0.1) is 0 Å². The monoisotopic (exact) mass is 297 g/mol. The maximum Gasteiger partial charge on any atom is 0.235 e. The van der Waals surface area contributed by atoms with Crippen LogP contribution in [0.3, 0.4) is 0 Å². The van der Waals surface area contributed by atoms with Gasteiger partial charge in [0.2, 0.25) is 10.0 Å². The average molecular weight is 297 g/mol. The lowest BCUT2D eigenvalue weighted by atomic mass is 10.1. The molecule has 0 amide bonds. The van der Waals surface area contributed by atoms with Crippen LogP contribution < -0.4 is 4.72 Å². The normalized spacial score (nSPS) is 13.1. The molecule has 1 aromatic rings. The molecular formula is C16H27NO2S. The molecular weight excluding hydrogens is 270 g/mol. The van der Waals surface area contributed by atoms with Gasteiger partial charge >= 0.3 is 0 Å². The molecule has 0 spiro atoms. The van der Waals surface area contributed by atoms with E-state index in [-0.39, 0.29) is 5.25 Å². The molecule has 0 aliphatic heterocycles. The Morgan fingerprint density at radius 1 is 1.00 bits per heavy atom. The molecule has 0 aliphatic rings. The summed E-state index contributed by atoms with van der Waals surface area (Å²) < 4.78 is 27.4. The van der Waals surface area contributed by atoms with Crippen molar-refractivity contribution in [2.75, 3.05) is 4.72 Å². The van der Waals surface area contributed by atoms with Gasteiger partial charge in [-0.2, -0.15) is 0 Å². The third-order valence-electron chi connectivity index (χ3n) is 3.56. The molecule has 1 N–H and O–H groups in total. The summed E-state index contributed by atoms with van der Waals surface area (Å²) in [6.45, 7) is 4.13. The third-order valence-corrected chi connectivity index (χ3v) is 5.52. The Morgan fingerprint density at radius 3 is 2.25 bits per heavy atom. The molecule has 1 atom stereocenters. The Morgan fingerprint density at radius 2 is 1.65 bits per heavy atom. The topological polar surface area (TPSA) is 46.2 Å². The van der Waals surface area contributed by atoms with E-state index < -0.39 is 10.0 Å². The SMILES string of the molecule is CCCCCCCC(CC)S(=O)(=O)Nc1ccccc1. The highest BCUT2D eigenvalue weighted by atomic mass is 32.2. The highest BCUT2D eigenvalue weighted by Gasteiger charge is 2.23. The van der Waals surface area contributed by atoms with Crippen molar-refractivity contribution in [3.05, 3.63) is 30.3 Å². The van der Waals surface area contributed by atoms with E-state index in [9.17, 15) is 8.42 Å². The smallest absolute Gasteiger partial charge is 0.235 e. The van der Waals surface area contributed by atoms with E-state index in [1.165, 1.54) is 19.3 Å². The van der Waals surface area contributed by atoms with E-state index >= 15 is 0 Å². The molecule has 4 heteroatoms. The number of unbranched alkanes of at least 4 members (excludes halogenated alkanes) is 4. The zero-order chi connectivity index (χ0) is 14.8. The van der Waals surface area contributed by atoms with E-state index in [4.69, 9.17) is 0 Å². The molecule has 0 saturated carbocycles. The van der Waals surface area contributed by atoms with Crippen LogP contribution in [0.15, 0.2) is 30.3 Å². The van der Waals surface area contributed by atoms with Gasteiger partial charge in [-0.15, -0.1) is 0 Å². The fourth-order valence-corrected chi connectivity index (χ4v) is 3.86. The summed E-state index contributed by atoms with van der Waals surface area (Å²) in [6.07, 6.45) is 7.20. The first-order valence-electron chi connectivity index (χ1n) is 7.66. The molecule has 0 aliphatic carbocycles. The van der Waals surface area contributed by atoms with Gasteiger partial charge in [-0.05, 0) is 25.0 Å². The van der Waals surface area contributed by atoms with Crippen molar-refractivity contribution in [1.82, 2.24) is 0 Å². The Bertz CT molecular complexity index is 457. The maximum atomic E-state index is 12.3. The van der Waals surface area contributed by atoms with Crippen LogP contribution in [0.1, 0.15) is 58.8 Å². The lowest BCUT2D eigenvalue weighted by Crippen LogP contribution is -2.27. The third kappa shape index (κ3) is 5.95. The van der Waals surface area contributed by atoms with Crippen LogP contribution >= 0.6 is 0 Å². The zero-order valence-corrected chi connectivity index (χ0v) is 13.5. The second-order valence-corrected chi connectivity index (χ2v) is 7.21. The van der Waals surface area contributed by atoms with E-state index in [0.29, 0.717) is 12.1 Å². The van der Waals surface area contributed by atoms with E-state index in [2.05, 4.69) is 11.6 Å². The highest BCUT2D eigenvalue weighted by molar-refractivity contribution is 7.93. The Hall–Kier alpha value is -1.03. The summed E-state index contributed by atoms with van der Waals surface area (Å²) >= 11 is 0. The summed E-state index contributed by atoms with van der Waals surface area (Å²) in [5.74, 6) is 0. The van der Waals surface area contributed by atoms with Crippen molar-refractivity contribution < 1.29 is 8.42 Å². The van der Waals surface area contributed by atoms with Gasteiger partial charge < -0.3 is 0 Å². The fourth-order valence-electron chi connectivity index (χ4n) is 2.31. The molecule has 1 rings (SSSR count). The molecule has 3 nitrogen and oxygen atoms in total. The summed E-state index contributed by atoms with van der Waals surface area (Å²) in [5, 5.41) is -0.288. The van der Waals surface area contributed by atoms with E-state index in [1.54, 1.807) is 12.1 Å². The Labute approximate surface area is 123 Å². The van der Waals surface area contributed by atoms with Crippen LogP contribution in [0.2, 0.25) is 0 Å². The van der Waals surface area contributed by atoms with Crippen molar-refractivity contribution in [2.24, 2.45) is 0 Å². The quantitative estimate of drug-likeness (QED) is 0.643. The Kier molecular flexibility index (Phi) is 7.67. The number of hydrogen-bond acceptors (Lipinski definition) is 2. The van der Waals surface area contributed by atoms with E-state index in [1.807, 2.05) is 25.1 Å². The van der Waals surface area contributed by atoms with Gasteiger partial charge in [0, 0.05) is 5.69 Å². The lowest BCUT2D eigenvalue weighted by molar-refractivity contribution is 0.547. The minimum absolute atomic E-state index is 0.288. The summed E-state index contributed by atoms with van der Waals surface area (Å²) in [5.41, 5.74) is 0.650. The predicted molar refractivity (Wildman–Crippen MR) is 86.4 cm³/mol. The minimum Gasteiger partial charge on any atom is -0.283 e. The number of para-hydroxylation sites is 1. The van der Waals surface area contributed by atoms with Crippen LogP contribution in [0.4, 0.5) is 5.69 Å². The number of rotatable bonds is 10. The molecule has 0 radical (unpaired) electrons. The van der Waals surface area contributed by atoms with Crippen molar-refractivity contribution in [1.29, 1.82) is 0 Å². The van der Waals surface area contributed by atoms with Gasteiger partial charge in [0.25, 0.3) is 0 Å². The number of anilines is 1. The maximum absolute atomic E-state index is 12.3. The summed E-state index contributed by atoms with van der Waals surface area (Å²) in [7, 11) is -3.27. The first kappa shape index (κ1) is 17.0. The van der Waals surface area contributed by atoms with Crippen LogP contribution in [0.25, 0.3) is 0 Å². The van der Waals surface area contributed by atoms with Crippen LogP contribution in [-0.2, 0) is 10.0 Å². The molecule has 0 fully saturated rings. The van der Waals surface area contributed by atoms with Gasteiger partial charge in [0.1, 0.15) is 0 Å². The van der Waals surface area contributed by atoms with Gasteiger partial charge in [-0.1, -0.05) is 64.2 Å². The zero-order valence-electron chi connectivity index (χ0n) is 12.6. The molecule has 1 aromatic carbocycles. The van der Waals surface area contributed by atoms with Gasteiger partial charge in [-0.3, -0.25) is 4.72 Å². The predicted octanol–water partition coefficient (Wildman–Crippen LogP) is 4.57. The van der Waals surface area contributed by atoms with Gasteiger partial charge in [-0.25, -0.2) is 8.42 Å². The van der Waals surface area contributed by atoms with Gasteiger partial charge in [0.15, 0.2) is 0 Å². The molecule has 0 saturated heterocycles. The van der Waals surface area contributed by atoms with Crippen molar-refractivity contribution >= 4 is 15.7 Å². The summed E-state index contributed by atoms with van der Waals surface area (Å²) in [4.78, 5) is 0. The standard InChI is InChI=1S/C16H27NO2S/c1-3-5-6-7-11-14-16(4-2)20(18,19)17-15-12-9-8-10-13-15/h8-10,12-13,16-17H,3-7,11,14H2,1-2H3. The minimum atomic E-state index is -3.27. The molecule has 0 aromatic heterocycles. The highest BCUT2D eigenvalue weighted by Crippen LogP contribution is 2.18. The molecule has 114 valence electrons. The second-order valence-electron chi connectivity index (χ2n) is 5.25. The van der Waals surface area contributed by atoms with Crippen molar-refractivity contribution in [3.8, 4) is 0 Å². The Balaban J connectivity index is 2.50. The number of benzene rings is 1. The number of hydrogen-bond donors (Lipinski definition) is 1. The molecule has 20 heavy (non-hydrogen) atoms. The summed E-state index contributed by atoms with van der Waals surface area (Å²) in [6, 6.07) is 9.12. The lowest BCUT2D eigenvalue weighted by Gasteiger charge is -2.17. The van der Waals surface area contributed by atoms with Crippen molar-refractivity contribution in [3.63, 3.8) is 0 Å². The average Bonchev–Trinajstić information content (AvgIpc) is 2.43. The van der Waals surface area contributed by atoms with Crippen LogP contribution in [-0.4, -0.2) is 13.7 Å². The van der Waals surface area contributed by atoms with Gasteiger partial charge in [0.05, 0.1) is 5.25 Å². The molecule has 0 heterocycles. The number of sulfonamides is 1.